The van der Waals surface area contributed by atoms with Crippen molar-refractivity contribution in [2.45, 2.75) is 19.4 Å². The second-order valence-electron chi connectivity index (χ2n) is 5.02. The van der Waals surface area contributed by atoms with E-state index in [4.69, 9.17) is 27.7 Å². The highest BCUT2D eigenvalue weighted by atomic mass is 35.5. The van der Waals surface area contributed by atoms with E-state index < -0.39 is 8.45 Å². The number of nitrogens with zero attached hydrogens (tertiary/aromatic N) is 2. The van der Waals surface area contributed by atoms with Gasteiger partial charge in [-0.05, 0) is 18.9 Å². The summed E-state index contributed by atoms with van der Waals surface area (Å²) in [6, 6.07) is 10.9. The lowest BCUT2D eigenvalue weighted by Gasteiger charge is -2.43. The number of alkyl halides is 2. The maximum atomic E-state index is 6.10. The Morgan fingerprint density at radius 2 is 1.90 bits per heavy atom. The van der Waals surface area contributed by atoms with Crippen molar-refractivity contribution in [1.82, 2.24) is 9.34 Å². The summed E-state index contributed by atoms with van der Waals surface area (Å²) in [6.45, 7) is 5.77. The van der Waals surface area contributed by atoms with Crippen molar-refractivity contribution < 1.29 is 4.52 Å². The lowest BCUT2D eigenvalue weighted by atomic mass is 10.1. The molecule has 2 rings (SSSR count). The maximum absolute atomic E-state index is 6.10. The zero-order valence-electron chi connectivity index (χ0n) is 12.4. The number of benzene rings is 1. The molecular weight excluding hydrogens is 326 g/mol. The van der Waals surface area contributed by atoms with Gasteiger partial charge in [0, 0.05) is 37.4 Å². The van der Waals surface area contributed by atoms with E-state index in [-0.39, 0.29) is 0 Å². The molecule has 6 heteroatoms. The van der Waals surface area contributed by atoms with Crippen LogP contribution in [0, 0.1) is 0 Å². The Bertz CT molecular complexity index is 404. The van der Waals surface area contributed by atoms with Crippen LogP contribution in [-0.4, -0.2) is 47.3 Å². The molecule has 0 aromatic heterocycles. The monoisotopic (exact) mass is 348 g/mol. The fourth-order valence-electron chi connectivity index (χ4n) is 2.50. The summed E-state index contributed by atoms with van der Waals surface area (Å²) in [5.41, 5.74) is 1.33. The molecule has 21 heavy (non-hydrogen) atoms. The van der Waals surface area contributed by atoms with Crippen LogP contribution in [0.15, 0.2) is 30.3 Å². The molecule has 118 valence electrons. The van der Waals surface area contributed by atoms with Gasteiger partial charge in [-0.3, -0.25) is 0 Å². The van der Waals surface area contributed by atoms with Gasteiger partial charge in [0.25, 0.3) is 0 Å². The number of halogens is 2. The Hall–Kier alpha value is 0.110. The number of hydrogen-bond donors (Lipinski definition) is 0. The molecule has 0 radical (unpaired) electrons. The molecule has 1 fully saturated rings. The average molecular weight is 349 g/mol. The van der Waals surface area contributed by atoms with E-state index >= 15 is 0 Å². The third-order valence-electron chi connectivity index (χ3n) is 3.61. The minimum absolute atomic E-state index is 0.339. The SMILES string of the molecule is CC(c1ccccc1)N1CCCO[P@]1N(CCCl)CCCl. The lowest BCUT2D eigenvalue weighted by molar-refractivity contribution is 0.186. The minimum atomic E-state index is -0.776. The third kappa shape index (κ3) is 4.79. The van der Waals surface area contributed by atoms with E-state index in [1.54, 1.807) is 0 Å². The van der Waals surface area contributed by atoms with Crippen molar-refractivity contribution in [1.29, 1.82) is 0 Å². The zero-order chi connectivity index (χ0) is 15.1. The fraction of sp³-hybridized carbons (Fsp3) is 0.600. The Balaban J connectivity index is 2.13. The molecule has 0 aliphatic carbocycles. The Morgan fingerprint density at radius 3 is 2.52 bits per heavy atom. The fourth-order valence-corrected chi connectivity index (χ4v) is 5.36. The molecule has 1 aromatic carbocycles. The van der Waals surface area contributed by atoms with E-state index in [1.807, 2.05) is 0 Å². The summed E-state index contributed by atoms with van der Waals surface area (Å²) < 4.78 is 10.9. The van der Waals surface area contributed by atoms with Crippen LogP contribution in [0.4, 0.5) is 0 Å². The van der Waals surface area contributed by atoms with Gasteiger partial charge in [0.1, 0.15) is 0 Å². The predicted octanol–water partition coefficient (Wildman–Crippen LogP) is 4.48. The van der Waals surface area contributed by atoms with Gasteiger partial charge in [-0.2, -0.15) is 0 Å². The zero-order valence-corrected chi connectivity index (χ0v) is 14.8. The summed E-state index contributed by atoms with van der Waals surface area (Å²) in [4.78, 5) is 0. The molecule has 0 bridgehead atoms. The molecule has 3 nitrogen and oxygen atoms in total. The standard InChI is InChI=1S/C15H23Cl2N2OP/c1-14(15-6-3-2-4-7-15)19-10-5-13-20-21(19)18(11-8-16)12-9-17/h2-4,6-7,14H,5,8-13H2,1H3/t14?,21-/m1/s1. The van der Waals surface area contributed by atoms with Gasteiger partial charge in [0.05, 0.1) is 6.61 Å². The molecule has 1 heterocycles. The van der Waals surface area contributed by atoms with E-state index in [0.717, 1.165) is 32.7 Å². The van der Waals surface area contributed by atoms with Crippen LogP contribution in [0.2, 0.25) is 0 Å². The van der Waals surface area contributed by atoms with Crippen LogP contribution < -0.4 is 0 Å². The molecule has 1 saturated heterocycles. The van der Waals surface area contributed by atoms with E-state index in [9.17, 15) is 0 Å². The predicted molar refractivity (Wildman–Crippen MR) is 92.1 cm³/mol. The van der Waals surface area contributed by atoms with Crippen molar-refractivity contribution in [2.24, 2.45) is 0 Å². The van der Waals surface area contributed by atoms with E-state index in [0.29, 0.717) is 17.8 Å². The molecule has 1 aromatic rings. The highest BCUT2D eigenvalue weighted by molar-refractivity contribution is 7.47. The Morgan fingerprint density at radius 1 is 1.24 bits per heavy atom. The molecule has 0 amide bonds. The van der Waals surface area contributed by atoms with E-state index in [2.05, 4.69) is 46.6 Å². The summed E-state index contributed by atoms with van der Waals surface area (Å²) in [5.74, 6) is 1.21. The van der Waals surface area contributed by atoms with Gasteiger partial charge in [-0.25, -0.2) is 9.34 Å². The second-order valence-corrected chi connectivity index (χ2v) is 7.62. The van der Waals surface area contributed by atoms with Crippen LogP contribution in [0.25, 0.3) is 0 Å². The number of rotatable bonds is 7. The van der Waals surface area contributed by atoms with Gasteiger partial charge >= 0.3 is 0 Å². The van der Waals surface area contributed by atoms with Crippen LogP contribution in [0.5, 0.6) is 0 Å². The van der Waals surface area contributed by atoms with Gasteiger partial charge in [0.15, 0.2) is 8.45 Å². The molecule has 0 saturated carbocycles. The number of hydrogen-bond acceptors (Lipinski definition) is 3. The highest BCUT2D eigenvalue weighted by Crippen LogP contribution is 2.52. The molecule has 0 N–H and O–H groups in total. The first-order valence-electron chi connectivity index (χ1n) is 7.39. The summed E-state index contributed by atoms with van der Waals surface area (Å²) in [5, 5.41) is 0. The average Bonchev–Trinajstić information content (AvgIpc) is 2.55. The van der Waals surface area contributed by atoms with Crippen molar-refractivity contribution in [3.8, 4) is 0 Å². The smallest absolute Gasteiger partial charge is 0.188 e. The molecule has 1 aliphatic rings. The third-order valence-corrected chi connectivity index (χ3v) is 6.24. The highest BCUT2D eigenvalue weighted by Gasteiger charge is 2.33. The molecule has 2 atom stereocenters. The van der Waals surface area contributed by atoms with Crippen molar-refractivity contribution in [2.75, 3.05) is 38.0 Å². The van der Waals surface area contributed by atoms with Crippen LogP contribution in [0.3, 0.4) is 0 Å². The summed E-state index contributed by atoms with van der Waals surface area (Å²) in [6.07, 6.45) is 1.07. The van der Waals surface area contributed by atoms with Gasteiger partial charge < -0.3 is 4.52 Å². The second kappa shape index (κ2) is 9.29. The first-order valence-corrected chi connectivity index (χ1v) is 9.62. The lowest BCUT2D eigenvalue weighted by Crippen LogP contribution is -2.37. The van der Waals surface area contributed by atoms with Gasteiger partial charge in [0.2, 0.25) is 0 Å². The Labute approximate surface area is 139 Å². The molecule has 1 unspecified atom stereocenters. The van der Waals surface area contributed by atoms with Crippen LogP contribution in [-0.2, 0) is 4.52 Å². The van der Waals surface area contributed by atoms with Crippen molar-refractivity contribution in [3.05, 3.63) is 35.9 Å². The largest absolute Gasteiger partial charge is 0.331 e. The van der Waals surface area contributed by atoms with Crippen LogP contribution >= 0.6 is 31.7 Å². The van der Waals surface area contributed by atoms with Crippen LogP contribution in [0.1, 0.15) is 24.9 Å². The Kier molecular flexibility index (Phi) is 7.73. The minimum Gasteiger partial charge on any atom is -0.331 e. The first kappa shape index (κ1) is 17.5. The summed E-state index contributed by atoms with van der Waals surface area (Å²) >= 11 is 11.9. The van der Waals surface area contributed by atoms with E-state index in [1.165, 1.54) is 5.56 Å². The van der Waals surface area contributed by atoms with Gasteiger partial charge in [-0.15, -0.1) is 23.2 Å². The summed E-state index contributed by atoms with van der Waals surface area (Å²) in [7, 11) is -0.776. The topological polar surface area (TPSA) is 15.7 Å². The van der Waals surface area contributed by atoms with Crippen molar-refractivity contribution >= 4 is 31.7 Å². The molecule has 1 aliphatic heterocycles. The van der Waals surface area contributed by atoms with Crippen molar-refractivity contribution in [3.63, 3.8) is 0 Å². The maximum Gasteiger partial charge on any atom is 0.188 e. The molecule has 0 spiro atoms. The van der Waals surface area contributed by atoms with Gasteiger partial charge in [-0.1, -0.05) is 30.3 Å². The quantitative estimate of drug-likeness (QED) is 0.533. The first-order chi connectivity index (χ1) is 10.3. The normalized spacial score (nSPS) is 21.6. The molecular formula is C15H23Cl2N2OP.